The van der Waals surface area contributed by atoms with E-state index >= 15 is 0 Å². The summed E-state index contributed by atoms with van der Waals surface area (Å²) in [5.41, 5.74) is 13.8. The molecule has 14 nitrogen and oxygen atoms in total. The van der Waals surface area contributed by atoms with E-state index in [2.05, 4.69) is 21.3 Å². The molecule has 2 fully saturated rings. The molecule has 0 bridgehead atoms. The SMILES string of the molecule is CC(C)C[C@@H](NC(=O)[C@@H](Cc1ccccc1)NC(=O)[C@H](N)Cc1ccccc1)C(=O)N[C@H](CCCCN)C(=O)N1CCN(C(=O)NCC2CCOCC2)CC1. The maximum atomic E-state index is 14.0. The van der Waals surface area contributed by atoms with Crippen molar-refractivity contribution in [3.63, 3.8) is 0 Å². The Balaban J connectivity index is 1.40. The summed E-state index contributed by atoms with van der Waals surface area (Å²) in [6.07, 6.45) is 4.32. The van der Waals surface area contributed by atoms with Gasteiger partial charge in [-0.15, -0.1) is 0 Å². The zero-order chi connectivity index (χ0) is 39.6. The molecule has 2 aliphatic heterocycles. The molecule has 0 spiro atoms. The van der Waals surface area contributed by atoms with Crippen LogP contribution in [-0.2, 0) is 36.8 Å². The van der Waals surface area contributed by atoms with Gasteiger partial charge in [0.15, 0.2) is 0 Å². The molecule has 4 atom stereocenters. The zero-order valence-electron chi connectivity index (χ0n) is 32.5. The Bertz CT molecular complexity index is 1500. The fourth-order valence-electron chi connectivity index (χ4n) is 6.94. The lowest BCUT2D eigenvalue weighted by Crippen LogP contribution is -2.60. The first-order valence-electron chi connectivity index (χ1n) is 19.9. The number of carbonyl (C=O) groups is 5. The standard InChI is InChI=1S/C41H62N8O6/c1-29(2)25-35(47-39(52)36(27-31-13-7-4-8-14-31)46-37(50)33(43)26-30-11-5-3-6-12-30)38(51)45-34(15-9-10-18-42)40(53)48-19-21-49(22-20-48)41(54)44-28-32-16-23-55-24-17-32/h3-8,11-14,29,32-36H,9-10,15-28,42-43H2,1-2H3,(H,44,54)(H,45,51)(H,46,50)(H,47,52)/t33-,34-,35-,36-/m1/s1. The second-order valence-corrected chi connectivity index (χ2v) is 15.1. The van der Waals surface area contributed by atoms with Crippen LogP contribution in [0, 0.1) is 11.8 Å². The number of amides is 6. The highest BCUT2D eigenvalue weighted by molar-refractivity contribution is 5.95. The van der Waals surface area contributed by atoms with Crippen molar-refractivity contribution in [1.29, 1.82) is 0 Å². The number of piperazine rings is 1. The summed E-state index contributed by atoms with van der Waals surface area (Å²) < 4.78 is 5.41. The van der Waals surface area contributed by atoms with E-state index < -0.39 is 41.9 Å². The maximum Gasteiger partial charge on any atom is 0.317 e. The molecule has 2 aliphatic rings. The van der Waals surface area contributed by atoms with Crippen LogP contribution in [0.4, 0.5) is 4.79 Å². The van der Waals surface area contributed by atoms with Crippen LogP contribution in [0.2, 0.25) is 0 Å². The van der Waals surface area contributed by atoms with Gasteiger partial charge in [-0.05, 0) is 74.5 Å². The number of ether oxygens (including phenoxy) is 1. The number of unbranched alkanes of at least 4 members (excludes halogenated alkanes) is 1. The molecule has 2 aromatic carbocycles. The molecule has 302 valence electrons. The highest BCUT2D eigenvalue weighted by Crippen LogP contribution is 2.15. The van der Waals surface area contributed by atoms with Gasteiger partial charge in [0.2, 0.25) is 23.6 Å². The predicted octanol–water partition coefficient (Wildman–Crippen LogP) is 1.71. The minimum atomic E-state index is -1.01. The summed E-state index contributed by atoms with van der Waals surface area (Å²) in [5.74, 6) is -1.29. The first kappa shape index (κ1) is 43.2. The van der Waals surface area contributed by atoms with Gasteiger partial charge in [-0.25, -0.2) is 4.79 Å². The highest BCUT2D eigenvalue weighted by atomic mass is 16.5. The smallest absolute Gasteiger partial charge is 0.317 e. The fraction of sp³-hybridized carbons (Fsp3) is 0.585. The number of nitrogens with one attached hydrogen (secondary N) is 4. The van der Waals surface area contributed by atoms with E-state index in [9.17, 15) is 24.0 Å². The van der Waals surface area contributed by atoms with Crippen LogP contribution in [0.3, 0.4) is 0 Å². The van der Waals surface area contributed by atoms with Crippen LogP contribution in [-0.4, -0.2) is 116 Å². The Labute approximate surface area is 325 Å². The Morgan fingerprint density at radius 2 is 1.27 bits per heavy atom. The normalized spacial score (nSPS) is 17.1. The van der Waals surface area contributed by atoms with Gasteiger partial charge in [0.05, 0.1) is 6.04 Å². The van der Waals surface area contributed by atoms with Gasteiger partial charge in [-0.1, -0.05) is 74.5 Å². The van der Waals surface area contributed by atoms with Crippen LogP contribution in [0.1, 0.15) is 63.5 Å². The van der Waals surface area contributed by atoms with Crippen molar-refractivity contribution in [2.24, 2.45) is 23.3 Å². The summed E-state index contributed by atoms with van der Waals surface area (Å²) in [6.45, 7) is 7.81. The Kier molecular flexibility index (Phi) is 17.9. The molecule has 14 heteroatoms. The lowest BCUT2D eigenvalue weighted by Gasteiger charge is -2.37. The number of hydrogen-bond acceptors (Lipinski definition) is 8. The molecular weight excluding hydrogens is 701 g/mol. The molecule has 6 amide bonds. The summed E-state index contributed by atoms with van der Waals surface area (Å²) in [5, 5.41) is 11.7. The van der Waals surface area contributed by atoms with Crippen LogP contribution in [0.5, 0.6) is 0 Å². The van der Waals surface area contributed by atoms with E-state index in [4.69, 9.17) is 16.2 Å². The van der Waals surface area contributed by atoms with Crippen molar-refractivity contribution >= 4 is 29.7 Å². The number of rotatable bonds is 19. The zero-order valence-corrected chi connectivity index (χ0v) is 32.5. The monoisotopic (exact) mass is 762 g/mol. The van der Waals surface area contributed by atoms with Crippen molar-refractivity contribution in [3.8, 4) is 0 Å². The third-order valence-corrected chi connectivity index (χ3v) is 10.2. The van der Waals surface area contributed by atoms with E-state index in [0.29, 0.717) is 90.5 Å². The highest BCUT2D eigenvalue weighted by Gasteiger charge is 2.34. The molecule has 0 unspecified atom stereocenters. The maximum absolute atomic E-state index is 14.0. The molecule has 0 aliphatic carbocycles. The lowest BCUT2D eigenvalue weighted by atomic mass is 9.99. The second-order valence-electron chi connectivity index (χ2n) is 15.1. The quantitative estimate of drug-likeness (QED) is 0.116. The molecule has 8 N–H and O–H groups in total. The molecule has 0 radical (unpaired) electrons. The molecular formula is C41H62N8O6. The number of nitrogens with zero attached hydrogens (tertiary/aromatic N) is 2. The molecule has 2 heterocycles. The number of benzene rings is 2. The van der Waals surface area contributed by atoms with E-state index in [0.717, 1.165) is 24.0 Å². The molecule has 0 saturated carbocycles. The fourth-order valence-corrected chi connectivity index (χ4v) is 6.94. The summed E-state index contributed by atoms with van der Waals surface area (Å²) in [6, 6.07) is 14.9. The van der Waals surface area contributed by atoms with Crippen molar-refractivity contribution in [2.75, 3.05) is 52.5 Å². The number of nitrogens with two attached hydrogens (primary N) is 2. The molecule has 0 aromatic heterocycles. The predicted molar refractivity (Wildman–Crippen MR) is 212 cm³/mol. The van der Waals surface area contributed by atoms with Crippen molar-refractivity contribution in [3.05, 3.63) is 71.8 Å². The largest absolute Gasteiger partial charge is 0.381 e. The lowest BCUT2D eigenvalue weighted by molar-refractivity contribution is -0.139. The van der Waals surface area contributed by atoms with Gasteiger partial charge in [-0.3, -0.25) is 19.2 Å². The summed E-state index contributed by atoms with van der Waals surface area (Å²) >= 11 is 0. The molecule has 55 heavy (non-hydrogen) atoms. The number of urea groups is 1. The van der Waals surface area contributed by atoms with Crippen molar-refractivity contribution in [1.82, 2.24) is 31.1 Å². The minimum absolute atomic E-state index is 0.0228. The Morgan fingerprint density at radius 1 is 0.727 bits per heavy atom. The van der Waals surface area contributed by atoms with E-state index in [1.165, 1.54) is 0 Å². The minimum Gasteiger partial charge on any atom is -0.381 e. The third kappa shape index (κ3) is 14.6. The van der Waals surface area contributed by atoms with Gasteiger partial charge < -0.3 is 47.3 Å². The van der Waals surface area contributed by atoms with Gasteiger partial charge in [-0.2, -0.15) is 0 Å². The van der Waals surface area contributed by atoms with Crippen molar-refractivity contribution < 1.29 is 28.7 Å². The first-order valence-corrected chi connectivity index (χ1v) is 19.9. The van der Waals surface area contributed by atoms with Gasteiger partial charge >= 0.3 is 6.03 Å². The Morgan fingerprint density at radius 3 is 1.87 bits per heavy atom. The average molecular weight is 763 g/mol. The number of carbonyl (C=O) groups excluding carboxylic acids is 5. The molecule has 2 saturated heterocycles. The number of hydrogen-bond donors (Lipinski definition) is 6. The van der Waals surface area contributed by atoms with Crippen LogP contribution in [0.25, 0.3) is 0 Å². The van der Waals surface area contributed by atoms with Gasteiger partial charge in [0.25, 0.3) is 0 Å². The van der Waals surface area contributed by atoms with E-state index in [-0.39, 0.29) is 24.3 Å². The topological polar surface area (TPSA) is 201 Å². The Hall–Kier alpha value is -4.53. The average Bonchev–Trinajstić information content (AvgIpc) is 3.19. The van der Waals surface area contributed by atoms with Gasteiger partial charge in [0.1, 0.15) is 18.1 Å². The second kappa shape index (κ2) is 22.8. The van der Waals surface area contributed by atoms with Crippen LogP contribution >= 0.6 is 0 Å². The van der Waals surface area contributed by atoms with E-state index in [1.54, 1.807) is 9.80 Å². The van der Waals surface area contributed by atoms with Crippen LogP contribution < -0.4 is 32.7 Å². The van der Waals surface area contributed by atoms with Crippen molar-refractivity contribution in [2.45, 2.75) is 89.4 Å². The van der Waals surface area contributed by atoms with Crippen LogP contribution in [0.15, 0.2) is 60.7 Å². The first-order chi connectivity index (χ1) is 26.5. The third-order valence-electron chi connectivity index (χ3n) is 10.2. The summed E-state index contributed by atoms with van der Waals surface area (Å²) in [7, 11) is 0. The van der Waals surface area contributed by atoms with Gasteiger partial charge in [0, 0.05) is 52.4 Å². The molecule has 4 rings (SSSR count). The molecule has 2 aromatic rings. The summed E-state index contributed by atoms with van der Waals surface area (Å²) in [4.78, 5) is 71.5. The van der Waals surface area contributed by atoms with E-state index in [1.807, 2.05) is 74.5 Å².